The van der Waals surface area contributed by atoms with Crippen LogP contribution in [0.2, 0.25) is 0 Å². The van der Waals surface area contributed by atoms with Gasteiger partial charge in [0.2, 0.25) is 11.7 Å². The number of carbonyl (C=O) groups excluding carboxylic acids is 3. The SMILES string of the molecule is CC(=O)NCCc1ccc(C(=O)COC(=O)c2csc(-c3ccsc3)n2)s1. The molecule has 3 aromatic rings. The van der Waals surface area contributed by atoms with Gasteiger partial charge in [-0.3, -0.25) is 9.59 Å². The number of ether oxygens (including phenoxy) is 1. The number of thiazole rings is 1. The molecule has 140 valence electrons. The van der Waals surface area contributed by atoms with Crippen molar-refractivity contribution in [3.63, 3.8) is 0 Å². The van der Waals surface area contributed by atoms with Crippen LogP contribution in [0.3, 0.4) is 0 Å². The van der Waals surface area contributed by atoms with Crippen molar-refractivity contribution in [2.75, 3.05) is 13.2 Å². The Morgan fingerprint density at radius 3 is 2.78 bits per heavy atom. The van der Waals surface area contributed by atoms with E-state index in [4.69, 9.17) is 4.74 Å². The molecule has 0 aromatic carbocycles. The van der Waals surface area contributed by atoms with Crippen molar-refractivity contribution in [3.8, 4) is 10.6 Å². The number of nitrogens with one attached hydrogen (secondary N) is 1. The second-order valence-corrected chi connectivity index (χ2v) is 8.35. The first kappa shape index (κ1) is 19.4. The lowest BCUT2D eigenvalue weighted by Crippen LogP contribution is -2.22. The van der Waals surface area contributed by atoms with Gasteiger partial charge in [0.05, 0.1) is 4.88 Å². The molecule has 1 amide bonds. The Kier molecular flexibility index (Phi) is 6.49. The Bertz CT molecular complexity index is 944. The van der Waals surface area contributed by atoms with E-state index >= 15 is 0 Å². The zero-order chi connectivity index (χ0) is 19.2. The first-order chi connectivity index (χ1) is 13.0. The Morgan fingerprint density at radius 2 is 2.04 bits per heavy atom. The van der Waals surface area contributed by atoms with Gasteiger partial charge in [0, 0.05) is 34.7 Å². The molecule has 0 aliphatic rings. The molecule has 0 fully saturated rings. The minimum Gasteiger partial charge on any atom is -0.453 e. The molecule has 0 radical (unpaired) electrons. The van der Waals surface area contributed by atoms with Crippen LogP contribution in [0.25, 0.3) is 10.6 Å². The van der Waals surface area contributed by atoms with Gasteiger partial charge in [-0.15, -0.1) is 22.7 Å². The van der Waals surface area contributed by atoms with Gasteiger partial charge < -0.3 is 10.1 Å². The maximum atomic E-state index is 12.2. The summed E-state index contributed by atoms with van der Waals surface area (Å²) in [7, 11) is 0. The van der Waals surface area contributed by atoms with Crippen LogP contribution in [0.5, 0.6) is 0 Å². The van der Waals surface area contributed by atoms with Crippen LogP contribution in [0, 0.1) is 0 Å². The quantitative estimate of drug-likeness (QED) is 0.444. The zero-order valence-electron chi connectivity index (χ0n) is 14.4. The average molecular weight is 421 g/mol. The fourth-order valence-corrected chi connectivity index (χ4v) is 4.62. The number of carbonyl (C=O) groups is 3. The molecule has 6 nitrogen and oxygen atoms in total. The molecule has 3 aromatic heterocycles. The van der Waals surface area contributed by atoms with Crippen molar-refractivity contribution >= 4 is 51.7 Å². The fourth-order valence-electron chi connectivity index (χ4n) is 2.19. The maximum absolute atomic E-state index is 12.2. The van der Waals surface area contributed by atoms with Gasteiger partial charge in [-0.05, 0) is 30.0 Å². The zero-order valence-corrected chi connectivity index (χ0v) is 16.8. The third-order valence-electron chi connectivity index (χ3n) is 3.50. The van der Waals surface area contributed by atoms with E-state index in [0.717, 1.165) is 15.4 Å². The molecule has 0 saturated carbocycles. The molecule has 0 atom stereocenters. The van der Waals surface area contributed by atoms with E-state index < -0.39 is 5.97 Å². The molecular weight excluding hydrogens is 404 g/mol. The van der Waals surface area contributed by atoms with E-state index in [9.17, 15) is 14.4 Å². The van der Waals surface area contributed by atoms with E-state index in [-0.39, 0.29) is 24.0 Å². The Hall–Kier alpha value is -2.36. The van der Waals surface area contributed by atoms with Crippen molar-refractivity contribution in [3.05, 3.63) is 49.8 Å². The van der Waals surface area contributed by atoms with Gasteiger partial charge >= 0.3 is 5.97 Å². The molecule has 0 bridgehead atoms. The van der Waals surface area contributed by atoms with Crippen molar-refractivity contribution in [1.82, 2.24) is 10.3 Å². The van der Waals surface area contributed by atoms with E-state index in [2.05, 4.69) is 10.3 Å². The molecule has 9 heteroatoms. The number of aromatic nitrogens is 1. The Balaban J connectivity index is 1.51. The summed E-state index contributed by atoms with van der Waals surface area (Å²) in [5, 5.41) is 8.99. The van der Waals surface area contributed by atoms with Crippen LogP contribution in [0.15, 0.2) is 34.3 Å². The molecule has 0 aliphatic heterocycles. The van der Waals surface area contributed by atoms with Gasteiger partial charge in [0.1, 0.15) is 5.01 Å². The van der Waals surface area contributed by atoms with Crippen molar-refractivity contribution in [2.45, 2.75) is 13.3 Å². The highest BCUT2D eigenvalue weighted by Crippen LogP contribution is 2.26. The number of esters is 1. The predicted molar refractivity (Wildman–Crippen MR) is 107 cm³/mol. The summed E-state index contributed by atoms with van der Waals surface area (Å²) in [6.07, 6.45) is 0.654. The van der Waals surface area contributed by atoms with Crippen LogP contribution < -0.4 is 5.32 Å². The minimum atomic E-state index is -0.608. The summed E-state index contributed by atoms with van der Waals surface area (Å²) < 4.78 is 5.10. The molecule has 27 heavy (non-hydrogen) atoms. The molecule has 3 rings (SSSR count). The van der Waals surface area contributed by atoms with Gasteiger partial charge in [0.25, 0.3) is 0 Å². The van der Waals surface area contributed by atoms with Crippen molar-refractivity contribution in [2.24, 2.45) is 0 Å². The lowest BCUT2D eigenvalue weighted by atomic mass is 10.3. The van der Waals surface area contributed by atoms with Gasteiger partial charge in [-0.1, -0.05) is 0 Å². The number of Topliss-reactive ketones (excluding diaryl/α,β-unsaturated/α-hetero) is 1. The summed E-state index contributed by atoms with van der Waals surface area (Å²) in [5.41, 5.74) is 1.17. The monoisotopic (exact) mass is 420 g/mol. The summed E-state index contributed by atoms with van der Waals surface area (Å²) in [6.45, 7) is 1.66. The van der Waals surface area contributed by atoms with Gasteiger partial charge in [-0.2, -0.15) is 11.3 Å². The molecular formula is C18H16N2O4S3. The number of amides is 1. The second kappa shape index (κ2) is 9.03. The fraction of sp³-hybridized carbons (Fsp3) is 0.222. The third kappa shape index (κ3) is 5.31. The molecule has 1 N–H and O–H groups in total. The minimum absolute atomic E-state index is 0.0843. The van der Waals surface area contributed by atoms with E-state index in [0.29, 0.717) is 17.8 Å². The Labute approximate surface area is 167 Å². The van der Waals surface area contributed by atoms with E-state index in [1.54, 1.807) is 22.8 Å². The summed E-state index contributed by atoms with van der Waals surface area (Å²) >= 11 is 4.26. The lowest BCUT2D eigenvalue weighted by molar-refractivity contribution is -0.118. The van der Waals surface area contributed by atoms with Crippen LogP contribution in [0.4, 0.5) is 0 Å². The number of hydrogen-bond acceptors (Lipinski definition) is 8. The highest BCUT2D eigenvalue weighted by Gasteiger charge is 2.17. The van der Waals surface area contributed by atoms with E-state index in [1.165, 1.54) is 29.6 Å². The number of thiophene rings is 2. The largest absolute Gasteiger partial charge is 0.453 e. The maximum Gasteiger partial charge on any atom is 0.358 e. The molecule has 0 aliphatic carbocycles. The molecule has 0 unspecified atom stereocenters. The second-order valence-electron chi connectivity index (χ2n) is 5.55. The first-order valence-corrected chi connectivity index (χ1v) is 10.7. The average Bonchev–Trinajstić information content (AvgIpc) is 3.39. The van der Waals surface area contributed by atoms with E-state index in [1.807, 2.05) is 22.9 Å². The topological polar surface area (TPSA) is 85.4 Å². The number of hydrogen-bond donors (Lipinski definition) is 1. The normalized spacial score (nSPS) is 10.6. The van der Waals surface area contributed by atoms with Crippen LogP contribution in [-0.2, 0) is 16.0 Å². The number of rotatable bonds is 8. The van der Waals surface area contributed by atoms with Crippen LogP contribution in [-0.4, -0.2) is 35.8 Å². The van der Waals surface area contributed by atoms with Crippen molar-refractivity contribution < 1.29 is 19.1 Å². The summed E-state index contributed by atoms with van der Waals surface area (Å²) in [5.74, 6) is -0.949. The molecule has 3 heterocycles. The Morgan fingerprint density at radius 1 is 1.19 bits per heavy atom. The predicted octanol–water partition coefficient (Wildman–Crippen LogP) is 3.65. The molecule has 0 spiro atoms. The van der Waals surface area contributed by atoms with Gasteiger partial charge in [0.15, 0.2) is 12.3 Å². The highest BCUT2D eigenvalue weighted by atomic mass is 32.1. The lowest BCUT2D eigenvalue weighted by Gasteiger charge is -2.01. The van der Waals surface area contributed by atoms with Crippen LogP contribution >= 0.6 is 34.0 Å². The standard InChI is InChI=1S/C18H16N2O4S3/c1-11(21)19-6-4-13-2-3-16(27-13)15(22)8-24-18(23)14-10-26-17(20-14)12-5-7-25-9-12/h2-3,5,7,9-10H,4,6,8H2,1H3,(H,19,21). The van der Waals surface area contributed by atoms with Crippen molar-refractivity contribution in [1.29, 1.82) is 0 Å². The third-order valence-corrected chi connectivity index (χ3v) is 6.26. The molecule has 0 saturated heterocycles. The first-order valence-electron chi connectivity index (χ1n) is 8.04. The number of nitrogens with zero attached hydrogens (tertiary/aromatic N) is 1. The van der Waals surface area contributed by atoms with Gasteiger partial charge in [-0.25, -0.2) is 9.78 Å². The highest BCUT2D eigenvalue weighted by molar-refractivity contribution is 7.14. The smallest absolute Gasteiger partial charge is 0.358 e. The summed E-state index contributed by atoms with van der Waals surface area (Å²) in [4.78, 5) is 41.0. The summed E-state index contributed by atoms with van der Waals surface area (Å²) in [6, 6.07) is 5.49. The van der Waals surface area contributed by atoms with Crippen LogP contribution in [0.1, 0.15) is 32.0 Å². The number of ketones is 1.